The summed E-state index contributed by atoms with van der Waals surface area (Å²) in [5.41, 5.74) is 4.10. The van der Waals surface area contributed by atoms with Crippen LogP contribution in [-0.4, -0.2) is 44.1 Å². The molecule has 1 fully saturated rings. The van der Waals surface area contributed by atoms with Gasteiger partial charge in [0, 0.05) is 0 Å². The molecule has 30 heavy (non-hydrogen) atoms. The number of urea groups is 1. The van der Waals surface area contributed by atoms with Gasteiger partial charge in [0.2, 0.25) is 5.91 Å². The summed E-state index contributed by atoms with van der Waals surface area (Å²) < 4.78 is 0. The van der Waals surface area contributed by atoms with E-state index in [1.54, 1.807) is 6.92 Å². The summed E-state index contributed by atoms with van der Waals surface area (Å²) in [5.74, 6) is -0.917. The Balaban J connectivity index is 1.33. The number of hydrazine groups is 1. The Hall–Kier alpha value is -3.33. The highest BCUT2D eigenvalue weighted by Crippen LogP contribution is 2.23. The van der Waals surface area contributed by atoms with Gasteiger partial charge in [0.15, 0.2) is 5.16 Å². The van der Waals surface area contributed by atoms with Gasteiger partial charge in [0.1, 0.15) is 5.54 Å². The number of aromatic amines is 1. The molecule has 1 aromatic heterocycles. The largest absolute Gasteiger partial charge is 0.344 e. The van der Waals surface area contributed by atoms with Gasteiger partial charge in [0.25, 0.3) is 5.91 Å². The smallest absolute Gasteiger partial charge is 0.333 e. The Morgan fingerprint density at radius 2 is 1.87 bits per heavy atom. The summed E-state index contributed by atoms with van der Waals surface area (Å²) in [7, 11) is 0. The van der Waals surface area contributed by atoms with E-state index >= 15 is 0 Å². The summed E-state index contributed by atoms with van der Waals surface area (Å²) in [6.07, 6.45) is 1.06. The first-order chi connectivity index (χ1) is 14.4. The first-order valence-electron chi connectivity index (χ1n) is 9.52. The van der Waals surface area contributed by atoms with Gasteiger partial charge in [-0.05, 0) is 37.5 Å². The molecule has 0 spiro atoms. The van der Waals surface area contributed by atoms with Crippen LogP contribution in [0.25, 0.3) is 11.0 Å². The second-order valence-corrected chi connectivity index (χ2v) is 8.24. The maximum atomic E-state index is 12.8. The van der Waals surface area contributed by atoms with E-state index in [0.29, 0.717) is 18.0 Å². The van der Waals surface area contributed by atoms with Gasteiger partial charge in [-0.3, -0.25) is 15.0 Å². The average molecular weight is 423 g/mol. The van der Waals surface area contributed by atoms with E-state index in [9.17, 15) is 14.4 Å². The second kappa shape index (κ2) is 8.19. The number of rotatable bonds is 7. The van der Waals surface area contributed by atoms with Crippen molar-refractivity contribution in [3.8, 4) is 0 Å². The fraction of sp³-hybridized carbons (Fsp3) is 0.238. The number of nitrogens with one attached hydrogen (secondary N) is 3. The van der Waals surface area contributed by atoms with Crippen LogP contribution in [0.1, 0.15) is 18.9 Å². The number of para-hydroxylation sites is 2. The van der Waals surface area contributed by atoms with Crippen molar-refractivity contribution in [2.75, 3.05) is 5.75 Å². The van der Waals surface area contributed by atoms with Crippen molar-refractivity contribution in [1.82, 2.24) is 25.7 Å². The number of aromatic nitrogens is 2. The number of fused-ring (bicyclic) bond motifs is 1. The van der Waals surface area contributed by atoms with Gasteiger partial charge < -0.3 is 10.3 Å². The number of H-pyrrole nitrogens is 1. The molecule has 4 amide bonds. The summed E-state index contributed by atoms with van der Waals surface area (Å²) in [6.45, 7) is 1.67. The summed E-state index contributed by atoms with van der Waals surface area (Å²) in [6, 6.07) is 16.7. The minimum atomic E-state index is -1.06. The van der Waals surface area contributed by atoms with E-state index in [2.05, 4.69) is 20.7 Å². The lowest BCUT2D eigenvalue weighted by Crippen LogP contribution is -2.49. The van der Waals surface area contributed by atoms with Crippen LogP contribution in [-0.2, 0) is 16.0 Å². The lowest BCUT2D eigenvalue weighted by molar-refractivity contribution is -0.138. The van der Waals surface area contributed by atoms with Crippen molar-refractivity contribution in [2.45, 2.75) is 30.5 Å². The molecule has 154 valence electrons. The lowest BCUT2D eigenvalue weighted by Gasteiger charge is -2.21. The van der Waals surface area contributed by atoms with Crippen LogP contribution < -0.4 is 10.7 Å². The van der Waals surface area contributed by atoms with Crippen molar-refractivity contribution in [2.24, 2.45) is 0 Å². The van der Waals surface area contributed by atoms with Crippen LogP contribution in [0, 0.1) is 0 Å². The monoisotopic (exact) mass is 423 g/mol. The molecule has 3 aromatic rings. The van der Waals surface area contributed by atoms with E-state index in [-0.39, 0.29) is 5.75 Å². The maximum Gasteiger partial charge on any atom is 0.344 e. The number of aryl methyl sites for hydroxylation is 1. The predicted octanol–water partition coefficient (Wildman–Crippen LogP) is 2.63. The number of thioether (sulfide) groups is 1. The molecule has 0 saturated carbocycles. The van der Waals surface area contributed by atoms with Crippen LogP contribution >= 0.6 is 11.8 Å². The third-order valence-corrected chi connectivity index (χ3v) is 5.83. The molecule has 2 heterocycles. The minimum Gasteiger partial charge on any atom is -0.333 e. The zero-order chi connectivity index (χ0) is 21.1. The highest BCUT2D eigenvalue weighted by atomic mass is 32.2. The quantitative estimate of drug-likeness (QED) is 0.400. The van der Waals surface area contributed by atoms with Crippen molar-refractivity contribution >= 4 is 40.6 Å². The first kappa shape index (κ1) is 20.0. The Labute approximate surface area is 177 Å². The van der Waals surface area contributed by atoms with Gasteiger partial charge in [-0.25, -0.2) is 9.78 Å². The van der Waals surface area contributed by atoms with E-state index in [1.807, 2.05) is 54.6 Å². The topological polar surface area (TPSA) is 107 Å². The zero-order valence-corrected chi connectivity index (χ0v) is 17.2. The van der Waals surface area contributed by atoms with E-state index < -0.39 is 23.4 Å². The normalized spacial score (nSPS) is 18.6. The Morgan fingerprint density at radius 1 is 1.13 bits per heavy atom. The van der Waals surface area contributed by atoms with Crippen molar-refractivity contribution in [3.05, 3.63) is 60.2 Å². The zero-order valence-electron chi connectivity index (χ0n) is 16.3. The van der Waals surface area contributed by atoms with Crippen LogP contribution in [0.15, 0.2) is 59.8 Å². The highest BCUT2D eigenvalue weighted by Gasteiger charge is 2.48. The number of benzene rings is 2. The molecule has 1 atom stereocenters. The Morgan fingerprint density at radius 3 is 2.63 bits per heavy atom. The molecule has 9 heteroatoms. The summed E-state index contributed by atoms with van der Waals surface area (Å²) in [5, 5.41) is 4.06. The van der Waals surface area contributed by atoms with Crippen molar-refractivity contribution in [1.29, 1.82) is 0 Å². The third kappa shape index (κ3) is 4.16. The number of hydrogen-bond acceptors (Lipinski definition) is 5. The number of imidazole rings is 1. The van der Waals surface area contributed by atoms with Gasteiger partial charge in [-0.15, -0.1) is 0 Å². The predicted molar refractivity (Wildman–Crippen MR) is 114 cm³/mol. The van der Waals surface area contributed by atoms with E-state index in [1.165, 1.54) is 11.8 Å². The SMILES string of the molecule is CC1(CCc2ccccc2)NC(=O)N(NC(=O)CSc2nc3ccccc3[nH]2)C1=O. The molecule has 0 aliphatic carbocycles. The number of carbonyl (C=O) groups is 3. The molecule has 4 rings (SSSR count). The van der Waals surface area contributed by atoms with E-state index in [4.69, 9.17) is 0 Å². The first-order valence-corrected chi connectivity index (χ1v) is 10.5. The fourth-order valence-corrected chi connectivity index (χ4v) is 3.96. The molecule has 0 radical (unpaired) electrons. The Bertz CT molecular complexity index is 1070. The van der Waals surface area contributed by atoms with Crippen LogP contribution in [0.5, 0.6) is 0 Å². The van der Waals surface area contributed by atoms with Crippen LogP contribution in [0.2, 0.25) is 0 Å². The number of imide groups is 1. The standard InChI is InChI=1S/C21H21N5O3S/c1-21(12-11-14-7-3-2-4-8-14)18(28)26(20(29)24-21)25-17(27)13-30-19-22-15-9-5-6-10-16(15)23-19/h2-10H,11-13H2,1H3,(H,22,23)(H,24,29)(H,25,27). The number of amides is 4. The number of hydrogen-bond donors (Lipinski definition) is 3. The molecular formula is C21H21N5O3S. The summed E-state index contributed by atoms with van der Waals surface area (Å²) >= 11 is 1.20. The van der Waals surface area contributed by atoms with Crippen LogP contribution in [0.4, 0.5) is 4.79 Å². The minimum absolute atomic E-state index is 0.0115. The van der Waals surface area contributed by atoms with Gasteiger partial charge in [-0.2, -0.15) is 5.01 Å². The molecule has 8 nitrogen and oxygen atoms in total. The molecule has 1 unspecified atom stereocenters. The second-order valence-electron chi connectivity index (χ2n) is 7.27. The summed E-state index contributed by atoms with van der Waals surface area (Å²) in [4.78, 5) is 44.9. The Kier molecular flexibility index (Phi) is 5.45. The van der Waals surface area contributed by atoms with Crippen molar-refractivity contribution < 1.29 is 14.4 Å². The highest BCUT2D eigenvalue weighted by molar-refractivity contribution is 7.99. The van der Waals surface area contributed by atoms with Gasteiger partial charge in [0.05, 0.1) is 16.8 Å². The van der Waals surface area contributed by atoms with Gasteiger partial charge in [-0.1, -0.05) is 54.2 Å². The molecule has 1 saturated heterocycles. The number of carbonyl (C=O) groups excluding carboxylic acids is 3. The molecular weight excluding hydrogens is 402 g/mol. The van der Waals surface area contributed by atoms with Crippen molar-refractivity contribution in [3.63, 3.8) is 0 Å². The average Bonchev–Trinajstić information content (AvgIpc) is 3.26. The molecule has 1 aliphatic heterocycles. The van der Waals surface area contributed by atoms with Crippen LogP contribution in [0.3, 0.4) is 0 Å². The fourth-order valence-electron chi connectivity index (χ4n) is 3.28. The molecule has 0 bridgehead atoms. The number of nitrogens with zero attached hydrogens (tertiary/aromatic N) is 2. The third-order valence-electron chi connectivity index (χ3n) is 4.96. The molecule has 2 aromatic carbocycles. The molecule has 1 aliphatic rings. The van der Waals surface area contributed by atoms with Gasteiger partial charge >= 0.3 is 6.03 Å². The maximum absolute atomic E-state index is 12.8. The lowest BCUT2D eigenvalue weighted by atomic mass is 9.93. The van der Waals surface area contributed by atoms with E-state index in [0.717, 1.165) is 21.6 Å². The molecule has 3 N–H and O–H groups in total.